The van der Waals surface area contributed by atoms with Gasteiger partial charge in [-0.15, -0.1) is 0 Å². The molecule has 1 rings (SSSR count). The van der Waals surface area contributed by atoms with Gasteiger partial charge in [-0.3, -0.25) is 0 Å². The minimum Gasteiger partial charge on any atom is -0.496 e. The summed E-state index contributed by atoms with van der Waals surface area (Å²) in [6.45, 7) is 2.49. The molecular weight excluding hydrogens is 323 g/mol. The smallest absolute Gasteiger partial charge is 0.389 e. The van der Waals surface area contributed by atoms with Crippen molar-refractivity contribution >= 4 is 15.9 Å². The normalized spacial score (nSPS) is 13.4. The van der Waals surface area contributed by atoms with E-state index in [1.807, 2.05) is 6.92 Å². The molecule has 0 bridgehead atoms. The lowest BCUT2D eigenvalue weighted by molar-refractivity contribution is -0.136. The lowest BCUT2D eigenvalue weighted by Gasteiger charge is -2.20. The van der Waals surface area contributed by atoms with Crippen molar-refractivity contribution in [3.05, 3.63) is 28.2 Å². The summed E-state index contributed by atoms with van der Waals surface area (Å²) in [7, 11) is 1.55. The molecule has 1 atom stereocenters. The van der Waals surface area contributed by atoms with Crippen LogP contribution in [0.4, 0.5) is 13.2 Å². The summed E-state index contributed by atoms with van der Waals surface area (Å²) in [6.07, 6.45) is -4.90. The molecular formula is C13H17BrF3NO. The predicted molar refractivity (Wildman–Crippen MR) is 72.4 cm³/mol. The molecule has 0 fully saturated rings. The van der Waals surface area contributed by atoms with Crippen LogP contribution in [0.25, 0.3) is 0 Å². The summed E-state index contributed by atoms with van der Waals surface area (Å²) in [5.74, 6) is 0.662. The second-order valence-electron chi connectivity index (χ2n) is 4.16. The van der Waals surface area contributed by atoms with E-state index < -0.39 is 12.6 Å². The Hall–Kier alpha value is -0.750. The van der Waals surface area contributed by atoms with Crippen molar-refractivity contribution in [3.8, 4) is 5.75 Å². The van der Waals surface area contributed by atoms with Crippen LogP contribution in [0.3, 0.4) is 0 Å². The van der Waals surface area contributed by atoms with Gasteiger partial charge in [0.2, 0.25) is 0 Å². The van der Waals surface area contributed by atoms with E-state index >= 15 is 0 Å². The number of alkyl halides is 3. The van der Waals surface area contributed by atoms with Crippen molar-refractivity contribution < 1.29 is 17.9 Å². The standard InChI is InChI=1S/C13H17BrF3NO/c1-3-18-11(6-7-13(15,16)17)9-4-5-12(19-2)10(14)8-9/h4-5,8,11,18H,3,6-7H2,1-2H3. The number of hydrogen-bond donors (Lipinski definition) is 1. The van der Waals surface area contributed by atoms with E-state index in [1.54, 1.807) is 25.3 Å². The molecule has 19 heavy (non-hydrogen) atoms. The van der Waals surface area contributed by atoms with Crippen LogP contribution in [-0.4, -0.2) is 19.8 Å². The van der Waals surface area contributed by atoms with Gasteiger partial charge in [-0.1, -0.05) is 13.0 Å². The highest BCUT2D eigenvalue weighted by Gasteiger charge is 2.28. The zero-order valence-electron chi connectivity index (χ0n) is 10.9. The molecule has 1 aromatic carbocycles. The molecule has 0 saturated heterocycles. The van der Waals surface area contributed by atoms with E-state index in [1.165, 1.54) is 0 Å². The number of ether oxygens (including phenoxy) is 1. The lowest BCUT2D eigenvalue weighted by Crippen LogP contribution is -2.23. The highest BCUT2D eigenvalue weighted by molar-refractivity contribution is 9.10. The third-order valence-electron chi connectivity index (χ3n) is 2.75. The average Bonchev–Trinajstić information content (AvgIpc) is 2.33. The number of rotatable bonds is 6. The van der Waals surface area contributed by atoms with Crippen LogP contribution in [0.5, 0.6) is 5.75 Å². The van der Waals surface area contributed by atoms with E-state index in [2.05, 4.69) is 21.2 Å². The van der Waals surface area contributed by atoms with Crippen molar-refractivity contribution in [2.45, 2.75) is 32.0 Å². The van der Waals surface area contributed by atoms with Gasteiger partial charge >= 0.3 is 6.18 Å². The number of methoxy groups -OCH3 is 1. The summed E-state index contributed by atoms with van der Waals surface area (Å²) in [5.41, 5.74) is 0.818. The number of halogens is 4. The van der Waals surface area contributed by atoms with Crippen LogP contribution in [0.15, 0.2) is 22.7 Å². The van der Waals surface area contributed by atoms with Crippen molar-refractivity contribution in [3.63, 3.8) is 0 Å². The van der Waals surface area contributed by atoms with Gasteiger partial charge in [0.05, 0.1) is 11.6 Å². The first-order chi connectivity index (χ1) is 8.87. The lowest BCUT2D eigenvalue weighted by atomic mass is 10.0. The van der Waals surface area contributed by atoms with E-state index in [0.717, 1.165) is 10.0 Å². The second kappa shape index (κ2) is 7.14. The van der Waals surface area contributed by atoms with Gasteiger partial charge < -0.3 is 10.1 Å². The fraction of sp³-hybridized carbons (Fsp3) is 0.538. The fourth-order valence-electron chi connectivity index (χ4n) is 1.84. The molecule has 0 spiro atoms. The van der Waals surface area contributed by atoms with Gasteiger partial charge in [0.25, 0.3) is 0 Å². The maximum Gasteiger partial charge on any atom is 0.389 e. The van der Waals surface area contributed by atoms with Crippen LogP contribution >= 0.6 is 15.9 Å². The molecule has 0 aliphatic carbocycles. The zero-order chi connectivity index (χ0) is 14.5. The summed E-state index contributed by atoms with van der Waals surface area (Å²) >= 11 is 3.34. The van der Waals surface area contributed by atoms with Gasteiger partial charge in [0, 0.05) is 12.5 Å². The summed E-state index contributed by atoms with van der Waals surface area (Å²) in [4.78, 5) is 0. The monoisotopic (exact) mass is 339 g/mol. The van der Waals surface area contributed by atoms with Crippen LogP contribution in [0.2, 0.25) is 0 Å². The SMILES string of the molecule is CCNC(CCC(F)(F)F)c1ccc(OC)c(Br)c1. The van der Waals surface area contributed by atoms with Crippen LogP contribution < -0.4 is 10.1 Å². The van der Waals surface area contributed by atoms with Gasteiger partial charge in [0.1, 0.15) is 5.75 Å². The number of nitrogens with one attached hydrogen (secondary N) is 1. The molecule has 0 heterocycles. The maximum atomic E-state index is 12.3. The van der Waals surface area contributed by atoms with Gasteiger partial charge in [-0.05, 0) is 46.6 Å². The maximum absolute atomic E-state index is 12.3. The van der Waals surface area contributed by atoms with E-state index in [9.17, 15) is 13.2 Å². The molecule has 108 valence electrons. The Morgan fingerprint density at radius 1 is 1.37 bits per heavy atom. The Bertz CT molecular complexity index is 409. The molecule has 0 aromatic heterocycles. The molecule has 0 radical (unpaired) electrons. The summed E-state index contributed by atoms with van der Waals surface area (Å²) in [6, 6.07) is 5.02. The zero-order valence-corrected chi connectivity index (χ0v) is 12.4. The second-order valence-corrected chi connectivity index (χ2v) is 5.01. The molecule has 1 aromatic rings. The average molecular weight is 340 g/mol. The first-order valence-corrected chi connectivity index (χ1v) is 6.80. The topological polar surface area (TPSA) is 21.3 Å². The quantitative estimate of drug-likeness (QED) is 0.826. The fourth-order valence-corrected chi connectivity index (χ4v) is 2.40. The Labute approximate surface area is 119 Å². The Morgan fingerprint density at radius 2 is 2.05 bits per heavy atom. The first-order valence-electron chi connectivity index (χ1n) is 6.01. The van der Waals surface area contributed by atoms with Crippen molar-refractivity contribution in [1.82, 2.24) is 5.32 Å². The predicted octanol–water partition coefficient (Wildman–Crippen LogP) is 4.45. The number of benzene rings is 1. The summed E-state index contributed by atoms with van der Waals surface area (Å²) < 4.78 is 42.8. The van der Waals surface area contributed by atoms with Crippen molar-refractivity contribution in [2.24, 2.45) is 0 Å². The Kier molecular flexibility index (Phi) is 6.13. The molecule has 1 unspecified atom stereocenters. The molecule has 1 N–H and O–H groups in total. The molecule has 0 aliphatic rings. The number of hydrogen-bond acceptors (Lipinski definition) is 2. The van der Waals surface area contributed by atoms with E-state index in [0.29, 0.717) is 12.3 Å². The minimum absolute atomic E-state index is 0.0239. The molecule has 6 heteroatoms. The third kappa shape index (κ3) is 5.40. The van der Waals surface area contributed by atoms with Crippen molar-refractivity contribution in [1.29, 1.82) is 0 Å². The van der Waals surface area contributed by atoms with Gasteiger partial charge in [-0.2, -0.15) is 13.2 Å². The Balaban J connectivity index is 2.83. The van der Waals surface area contributed by atoms with Gasteiger partial charge in [0.15, 0.2) is 0 Å². The van der Waals surface area contributed by atoms with Crippen LogP contribution in [0.1, 0.15) is 31.4 Å². The largest absolute Gasteiger partial charge is 0.496 e. The molecule has 0 amide bonds. The highest BCUT2D eigenvalue weighted by Crippen LogP contribution is 2.32. The van der Waals surface area contributed by atoms with E-state index in [4.69, 9.17) is 4.74 Å². The highest BCUT2D eigenvalue weighted by atomic mass is 79.9. The van der Waals surface area contributed by atoms with E-state index in [-0.39, 0.29) is 12.5 Å². The Morgan fingerprint density at radius 3 is 2.53 bits per heavy atom. The third-order valence-corrected chi connectivity index (χ3v) is 3.36. The first kappa shape index (κ1) is 16.3. The van der Waals surface area contributed by atoms with Crippen LogP contribution in [-0.2, 0) is 0 Å². The van der Waals surface area contributed by atoms with Gasteiger partial charge in [-0.25, -0.2) is 0 Å². The van der Waals surface area contributed by atoms with Crippen molar-refractivity contribution in [2.75, 3.05) is 13.7 Å². The summed E-state index contributed by atoms with van der Waals surface area (Å²) in [5, 5.41) is 3.07. The molecule has 0 aliphatic heterocycles. The molecule has 2 nitrogen and oxygen atoms in total. The molecule has 0 saturated carbocycles. The van der Waals surface area contributed by atoms with Crippen LogP contribution in [0, 0.1) is 0 Å². The minimum atomic E-state index is -4.13.